The molecular weight excluding hydrogens is 356 g/mol. The molecule has 2 aromatic rings. The van der Waals surface area contributed by atoms with Gasteiger partial charge in [0.05, 0.1) is 20.8 Å². The Morgan fingerprint density at radius 3 is 2.38 bits per heavy atom. The third-order valence-corrected chi connectivity index (χ3v) is 5.18. The molecule has 140 valence electrons. The SMILES string of the molecule is COc1ccc(OC)c(S(=O)(=O)NCC(=O)N(C)Cc2ccccc2)c1. The molecule has 0 aliphatic heterocycles. The average molecular weight is 378 g/mol. The van der Waals surface area contributed by atoms with Crippen molar-refractivity contribution in [3.8, 4) is 11.5 Å². The van der Waals surface area contributed by atoms with Crippen molar-refractivity contribution in [2.24, 2.45) is 0 Å². The standard InChI is InChI=1S/C18H22N2O5S/c1-20(13-14-7-5-4-6-8-14)18(21)12-19-26(22,23)17-11-15(24-2)9-10-16(17)25-3/h4-11,19H,12-13H2,1-3H3. The number of nitrogens with zero attached hydrogens (tertiary/aromatic N) is 1. The number of benzene rings is 2. The maximum absolute atomic E-state index is 12.5. The highest BCUT2D eigenvalue weighted by atomic mass is 32.2. The van der Waals surface area contributed by atoms with Crippen molar-refractivity contribution in [1.29, 1.82) is 0 Å². The minimum absolute atomic E-state index is 0.0853. The second-order valence-corrected chi connectivity index (χ2v) is 7.31. The van der Waals surface area contributed by atoms with Crippen LogP contribution in [0.25, 0.3) is 0 Å². The van der Waals surface area contributed by atoms with E-state index in [2.05, 4.69) is 4.72 Å². The number of sulfonamides is 1. The fourth-order valence-corrected chi connectivity index (χ4v) is 3.47. The highest BCUT2D eigenvalue weighted by Gasteiger charge is 2.22. The summed E-state index contributed by atoms with van der Waals surface area (Å²) in [6.07, 6.45) is 0. The number of ether oxygens (including phenoxy) is 2. The average Bonchev–Trinajstić information content (AvgIpc) is 2.66. The van der Waals surface area contributed by atoms with Gasteiger partial charge in [0.25, 0.3) is 0 Å². The summed E-state index contributed by atoms with van der Waals surface area (Å²) in [7, 11) is 0.494. The number of hydrogen-bond acceptors (Lipinski definition) is 5. The Bertz CT molecular complexity index is 853. The molecule has 0 radical (unpaired) electrons. The molecule has 7 nitrogen and oxygen atoms in total. The van der Waals surface area contributed by atoms with Crippen molar-refractivity contribution in [3.63, 3.8) is 0 Å². The van der Waals surface area contributed by atoms with Crippen LogP contribution in [0.2, 0.25) is 0 Å². The zero-order chi connectivity index (χ0) is 19.2. The van der Waals surface area contributed by atoms with Gasteiger partial charge in [-0.3, -0.25) is 4.79 Å². The molecule has 0 atom stereocenters. The second-order valence-electron chi connectivity index (χ2n) is 5.58. The van der Waals surface area contributed by atoms with Crippen molar-refractivity contribution < 1.29 is 22.7 Å². The molecule has 26 heavy (non-hydrogen) atoms. The molecule has 8 heteroatoms. The van der Waals surface area contributed by atoms with Gasteiger partial charge in [-0.05, 0) is 17.7 Å². The number of carbonyl (C=O) groups excluding carboxylic acids is 1. The monoisotopic (exact) mass is 378 g/mol. The van der Waals surface area contributed by atoms with Gasteiger partial charge in [0.1, 0.15) is 16.4 Å². The molecule has 0 spiro atoms. The van der Waals surface area contributed by atoms with Gasteiger partial charge in [-0.1, -0.05) is 30.3 Å². The summed E-state index contributed by atoms with van der Waals surface area (Å²) in [5.41, 5.74) is 0.959. The molecule has 0 bridgehead atoms. The van der Waals surface area contributed by atoms with Gasteiger partial charge in [0, 0.05) is 19.7 Å². The van der Waals surface area contributed by atoms with Gasteiger partial charge in [0.2, 0.25) is 15.9 Å². The van der Waals surface area contributed by atoms with Crippen LogP contribution in [0.3, 0.4) is 0 Å². The van der Waals surface area contributed by atoms with Crippen LogP contribution in [0.5, 0.6) is 11.5 Å². The zero-order valence-electron chi connectivity index (χ0n) is 14.9. The Labute approximate surface area is 153 Å². The zero-order valence-corrected chi connectivity index (χ0v) is 15.7. The van der Waals surface area contributed by atoms with Crippen molar-refractivity contribution in [2.45, 2.75) is 11.4 Å². The van der Waals surface area contributed by atoms with Crippen molar-refractivity contribution >= 4 is 15.9 Å². The predicted molar refractivity (Wildman–Crippen MR) is 97.7 cm³/mol. The van der Waals surface area contributed by atoms with Crippen LogP contribution in [0.15, 0.2) is 53.4 Å². The fraction of sp³-hybridized carbons (Fsp3) is 0.278. The molecule has 0 fully saturated rings. The predicted octanol–water partition coefficient (Wildman–Crippen LogP) is 1.64. The van der Waals surface area contributed by atoms with Gasteiger partial charge in [-0.15, -0.1) is 0 Å². The number of hydrogen-bond donors (Lipinski definition) is 1. The minimum atomic E-state index is -3.94. The van der Waals surface area contributed by atoms with Crippen LogP contribution in [0, 0.1) is 0 Å². The number of nitrogens with one attached hydrogen (secondary N) is 1. The number of rotatable bonds is 8. The van der Waals surface area contributed by atoms with Crippen LogP contribution < -0.4 is 14.2 Å². The van der Waals surface area contributed by atoms with Crippen LogP contribution in [0.4, 0.5) is 0 Å². The van der Waals surface area contributed by atoms with Gasteiger partial charge in [-0.25, -0.2) is 13.1 Å². The summed E-state index contributed by atoms with van der Waals surface area (Å²) in [5, 5.41) is 0. The highest BCUT2D eigenvalue weighted by molar-refractivity contribution is 7.89. The molecule has 0 saturated heterocycles. The molecular formula is C18H22N2O5S. The van der Waals surface area contributed by atoms with Gasteiger partial charge in [-0.2, -0.15) is 0 Å². The summed E-state index contributed by atoms with van der Waals surface area (Å²) in [6, 6.07) is 13.9. The summed E-state index contributed by atoms with van der Waals surface area (Å²) in [4.78, 5) is 13.6. The molecule has 0 aliphatic rings. The van der Waals surface area contributed by atoms with Crippen LogP contribution in [0.1, 0.15) is 5.56 Å². The second kappa shape index (κ2) is 8.68. The van der Waals surface area contributed by atoms with Crippen LogP contribution in [-0.4, -0.2) is 47.0 Å². The van der Waals surface area contributed by atoms with Crippen LogP contribution in [-0.2, 0) is 21.4 Å². The Kier molecular flexibility index (Phi) is 6.59. The lowest BCUT2D eigenvalue weighted by atomic mass is 10.2. The van der Waals surface area contributed by atoms with E-state index in [0.717, 1.165) is 5.56 Å². The summed E-state index contributed by atoms with van der Waals surface area (Å²) in [6.45, 7) is 0.0376. The number of amides is 1. The summed E-state index contributed by atoms with van der Waals surface area (Å²) in [5.74, 6) is 0.196. The molecule has 0 unspecified atom stereocenters. The van der Waals surface area contributed by atoms with E-state index in [-0.39, 0.29) is 23.1 Å². The van der Waals surface area contributed by atoms with E-state index in [1.54, 1.807) is 13.1 Å². The Balaban J connectivity index is 2.06. The lowest BCUT2D eigenvalue weighted by Gasteiger charge is -2.18. The van der Waals surface area contributed by atoms with E-state index in [9.17, 15) is 13.2 Å². The molecule has 0 saturated carbocycles. The fourth-order valence-electron chi connectivity index (χ4n) is 2.31. The Morgan fingerprint density at radius 1 is 1.08 bits per heavy atom. The van der Waals surface area contributed by atoms with E-state index < -0.39 is 10.0 Å². The first kappa shape index (κ1) is 19.7. The number of likely N-dealkylation sites (N-methyl/N-ethyl adjacent to an activating group) is 1. The maximum atomic E-state index is 12.5. The minimum Gasteiger partial charge on any atom is -0.497 e. The smallest absolute Gasteiger partial charge is 0.244 e. The molecule has 2 aromatic carbocycles. The molecule has 0 heterocycles. The first-order valence-electron chi connectivity index (χ1n) is 7.87. The lowest BCUT2D eigenvalue weighted by molar-refractivity contribution is -0.129. The van der Waals surface area contributed by atoms with E-state index >= 15 is 0 Å². The molecule has 2 rings (SSSR count). The number of methoxy groups -OCH3 is 2. The number of carbonyl (C=O) groups is 1. The van der Waals surface area contributed by atoms with E-state index in [1.807, 2.05) is 30.3 Å². The van der Waals surface area contributed by atoms with Crippen molar-refractivity contribution in [2.75, 3.05) is 27.8 Å². The first-order valence-corrected chi connectivity index (χ1v) is 9.35. The maximum Gasteiger partial charge on any atom is 0.244 e. The van der Waals surface area contributed by atoms with Gasteiger partial charge >= 0.3 is 0 Å². The topological polar surface area (TPSA) is 84.9 Å². The van der Waals surface area contributed by atoms with Crippen LogP contribution >= 0.6 is 0 Å². The molecule has 0 aliphatic carbocycles. The highest BCUT2D eigenvalue weighted by Crippen LogP contribution is 2.27. The van der Waals surface area contributed by atoms with Crippen molar-refractivity contribution in [1.82, 2.24) is 9.62 Å². The lowest BCUT2D eigenvalue weighted by Crippen LogP contribution is -2.37. The third-order valence-electron chi connectivity index (χ3n) is 3.76. The van der Waals surface area contributed by atoms with E-state index in [4.69, 9.17) is 9.47 Å². The third kappa shape index (κ3) is 4.96. The van der Waals surface area contributed by atoms with Gasteiger partial charge < -0.3 is 14.4 Å². The van der Waals surface area contributed by atoms with Crippen molar-refractivity contribution in [3.05, 3.63) is 54.1 Å². The van der Waals surface area contributed by atoms with E-state index in [0.29, 0.717) is 12.3 Å². The quantitative estimate of drug-likeness (QED) is 0.755. The molecule has 0 aromatic heterocycles. The largest absolute Gasteiger partial charge is 0.497 e. The van der Waals surface area contributed by atoms with Gasteiger partial charge in [0.15, 0.2) is 0 Å². The molecule has 1 N–H and O–H groups in total. The Morgan fingerprint density at radius 2 is 1.77 bits per heavy atom. The summed E-state index contributed by atoms with van der Waals surface area (Å²) < 4.78 is 37.6. The first-order chi connectivity index (χ1) is 12.4. The molecule has 1 amide bonds. The Hall–Kier alpha value is -2.58. The van der Waals surface area contributed by atoms with E-state index in [1.165, 1.54) is 31.3 Å². The summed E-state index contributed by atoms with van der Waals surface area (Å²) >= 11 is 0. The normalized spacial score (nSPS) is 11.0.